The Morgan fingerprint density at radius 2 is 1.76 bits per heavy atom. The molecular formula is C13H8BrFO2. The summed E-state index contributed by atoms with van der Waals surface area (Å²) in [4.78, 5) is 10.6. The van der Waals surface area contributed by atoms with Gasteiger partial charge in [0, 0.05) is 16.1 Å². The van der Waals surface area contributed by atoms with Gasteiger partial charge in [-0.1, -0.05) is 15.9 Å². The van der Waals surface area contributed by atoms with Crippen molar-refractivity contribution in [2.75, 3.05) is 0 Å². The van der Waals surface area contributed by atoms with E-state index in [0.717, 1.165) is 10.5 Å². The Kier molecular flexibility index (Phi) is 3.54. The lowest BCUT2D eigenvalue weighted by atomic mass is 10.2. The average Bonchev–Trinajstić information content (AvgIpc) is 2.31. The summed E-state index contributed by atoms with van der Waals surface area (Å²) in [7, 11) is 0. The molecule has 0 saturated heterocycles. The molecule has 0 fully saturated rings. The van der Waals surface area contributed by atoms with E-state index < -0.39 is 5.82 Å². The van der Waals surface area contributed by atoms with E-state index in [-0.39, 0.29) is 5.56 Å². The largest absolute Gasteiger partial charge is 0.457 e. The van der Waals surface area contributed by atoms with E-state index in [2.05, 4.69) is 15.9 Å². The first-order chi connectivity index (χ1) is 8.17. The minimum Gasteiger partial charge on any atom is -0.457 e. The predicted molar refractivity (Wildman–Crippen MR) is 66.0 cm³/mol. The molecule has 0 radical (unpaired) electrons. The van der Waals surface area contributed by atoms with Gasteiger partial charge in [0.2, 0.25) is 0 Å². The standard InChI is InChI=1S/C13H8BrFO2/c14-10-1-3-12(4-2-10)17-13-6-9(8-16)5-11(15)7-13/h1-8H. The number of ether oxygens (including phenoxy) is 1. The Morgan fingerprint density at radius 3 is 2.41 bits per heavy atom. The number of hydrogen-bond donors (Lipinski definition) is 0. The summed E-state index contributed by atoms with van der Waals surface area (Å²) in [6, 6.07) is 11.0. The summed E-state index contributed by atoms with van der Waals surface area (Å²) in [5.41, 5.74) is 0.247. The highest BCUT2D eigenvalue weighted by atomic mass is 79.9. The average molecular weight is 295 g/mol. The number of aldehydes is 1. The van der Waals surface area contributed by atoms with Crippen molar-refractivity contribution in [1.29, 1.82) is 0 Å². The molecule has 0 amide bonds. The van der Waals surface area contributed by atoms with Gasteiger partial charge in [-0.25, -0.2) is 4.39 Å². The van der Waals surface area contributed by atoms with E-state index in [1.807, 2.05) is 12.1 Å². The zero-order valence-electron chi connectivity index (χ0n) is 8.69. The Bertz CT molecular complexity index is 538. The molecule has 0 atom stereocenters. The minimum atomic E-state index is -0.498. The lowest BCUT2D eigenvalue weighted by Crippen LogP contribution is -1.88. The maximum atomic E-state index is 13.1. The van der Waals surface area contributed by atoms with Gasteiger partial charge in [-0.15, -0.1) is 0 Å². The molecule has 0 N–H and O–H groups in total. The highest BCUT2D eigenvalue weighted by molar-refractivity contribution is 9.10. The summed E-state index contributed by atoms with van der Waals surface area (Å²) in [6.45, 7) is 0. The number of halogens is 2. The second-order valence-corrected chi connectivity index (χ2v) is 4.31. The van der Waals surface area contributed by atoms with Gasteiger partial charge in [-0.2, -0.15) is 0 Å². The summed E-state index contributed by atoms with van der Waals surface area (Å²) in [6.07, 6.45) is 0.581. The second kappa shape index (κ2) is 5.10. The van der Waals surface area contributed by atoms with E-state index in [1.54, 1.807) is 12.1 Å². The molecule has 17 heavy (non-hydrogen) atoms. The first-order valence-electron chi connectivity index (χ1n) is 4.86. The van der Waals surface area contributed by atoms with Crippen LogP contribution in [0.15, 0.2) is 46.9 Å². The van der Waals surface area contributed by atoms with Gasteiger partial charge >= 0.3 is 0 Å². The van der Waals surface area contributed by atoms with E-state index in [0.29, 0.717) is 17.8 Å². The van der Waals surface area contributed by atoms with Gasteiger partial charge in [0.25, 0.3) is 0 Å². The van der Waals surface area contributed by atoms with Gasteiger partial charge in [-0.05, 0) is 36.4 Å². The number of carbonyl (C=O) groups excluding carboxylic acids is 1. The smallest absolute Gasteiger partial charge is 0.150 e. The van der Waals surface area contributed by atoms with Crippen molar-refractivity contribution in [3.8, 4) is 11.5 Å². The van der Waals surface area contributed by atoms with Crippen LogP contribution >= 0.6 is 15.9 Å². The maximum absolute atomic E-state index is 13.1. The molecule has 0 aliphatic rings. The minimum absolute atomic E-state index is 0.247. The third kappa shape index (κ3) is 3.14. The number of rotatable bonds is 3. The molecule has 0 aliphatic carbocycles. The van der Waals surface area contributed by atoms with Crippen LogP contribution in [0, 0.1) is 5.82 Å². The molecule has 0 spiro atoms. The van der Waals surface area contributed by atoms with Crippen LogP contribution < -0.4 is 4.74 Å². The Morgan fingerprint density at radius 1 is 1.06 bits per heavy atom. The molecule has 2 aromatic rings. The van der Waals surface area contributed by atoms with Crippen LogP contribution in [0.5, 0.6) is 11.5 Å². The quantitative estimate of drug-likeness (QED) is 0.793. The molecule has 2 aromatic carbocycles. The van der Waals surface area contributed by atoms with Crippen molar-refractivity contribution in [2.45, 2.75) is 0 Å². The third-order valence-corrected chi connectivity index (χ3v) is 2.61. The van der Waals surface area contributed by atoms with Gasteiger partial charge in [0.05, 0.1) is 0 Å². The molecule has 0 aliphatic heterocycles. The van der Waals surface area contributed by atoms with Gasteiger partial charge in [0.15, 0.2) is 0 Å². The van der Waals surface area contributed by atoms with E-state index >= 15 is 0 Å². The van der Waals surface area contributed by atoms with Crippen molar-refractivity contribution in [1.82, 2.24) is 0 Å². The van der Waals surface area contributed by atoms with Gasteiger partial charge < -0.3 is 4.74 Å². The molecule has 2 rings (SSSR count). The molecule has 86 valence electrons. The van der Waals surface area contributed by atoms with Crippen LogP contribution in [0.3, 0.4) is 0 Å². The monoisotopic (exact) mass is 294 g/mol. The van der Waals surface area contributed by atoms with Crippen LogP contribution in [0.2, 0.25) is 0 Å². The van der Waals surface area contributed by atoms with Crippen LogP contribution in [0.25, 0.3) is 0 Å². The zero-order chi connectivity index (χ0) is 12.3. The first kappa shape index (κ1) is 11.8. The van der Waals surface area contributed by atoms with Gasteiger partial charge in [-0.3, -0.25) is 4.79 Å². The van der Waals surface area contributed by atoms with Crippen LogP contribution in [-0.4, -0.2) is 6.29 Å². The van der Waals surface area contributed by atoms with Crippen LogP contribution in [-0.2, 0) is 0 Å². The maximum Gasteiger partial charge on any atom is 0.150 e. The number of benzene rings is 2. The molecule has 4 heteroatoms. The first-order valence-corrected chi connectivity index (χ1v) is 5.66. The fraction of sp³-hybridized carbons (Fsp3) is 0. The van der Waals surface area contributed by atoms with Crippen LogP contribution in [0.4, 0.5) is 4.39 Å². The lowest BCUT2D eigenvalue weighted by Gasteiger charge is -2.06. The molecule has 0 saturated carbocycles. The van der Waals surface area contributed by atoms with Gasteiger partial charge in [0.1, 0.15) is 23.6 Å². The normalized spacial score (nSPS) is 10.0. The summed E-state index contributed by atoms with van der Waals surface area (Å²) in [5.74, 6) is 0.381. The topological polar surface area (TPSA) is 26.3 Å². The van der Waals surface area contributed by atoms with E-state index in [4.69, 9.17) is 4.74 Å². The predicted octanol–water partition coefficient (Wildman–Crippen LogP) is 4.19. The summed E-state index contributed by atoms with van der Waals surface area (Å²) < 4.78 is 19.5. The highest BCUT2D eigenvalue weighted by Crippen LogP contribution is 2.24. The Hall–Kier alpha value is -1.68. The van der Waals surface area contributed by atoms with Crippen molar-refractivity contribution in [3.63, 3.8) is 0 Å². The fourth-order valence-corrected chi connectivity index (χ4v) is 1.61. The van der Waals surface area contributed by atoms with E-state index in [1.165, 1.54) is 12.1 Å². The Labute approximate surface area is 106 Å². The number of hydrogen-bond acceptors (Lipinski definition) is 2. The third-order valence-electron chi connectivity index (χ3n) is 2.08. The van der Waals surface area contributed by atoms with Crippen molar-refractivity contribution >= 4 is 22.2 Å². The molecule has 0 heterocycles. The molecule has 0 aromatic heterocycles. The molecule has 0 bridgehead atoms. The fourth-order valence-electron chi connectivity index (χ4n) is 1.35. The zero-order valence-corrected chi connectivity index (χ0v) is 10.3. The SMILES string of the molecule is O=Cc1cc(F)cc(Oc2ccc(Br)cc2)c1. The van der Waals surface area contributed by atoms with Crippen molar-refractivity contribution in [2.24, 2.45) is 0 Å². The van der Waals surface area contributed by atoms with Crippen molar-refractivity contribution < 1.29 is 13.9 Å². The van der Waals surface area contributed by atoms with Crippen molar-refractivity contribution in [3.05, 3.63) is 58.3 Å². The molecule has 0 unspecified atom stereocenters. The second-order valence-electron chi connectivity index (χ2n) is 3.39. The molecular weight excluding hydrogens is 287 g/mol. The highest BCUT2D eigenvalue weighted by Gasteiger charge is 2.02. The summed E-state index contributed by atoms with van der Waals surface area (Å²) >= 11 is 3.30. The summed E-state index contributed by atoms with van der Waals surface area (Å²) in [5, 5.41) is 0. The van der Waals surface area contributed by atoms with E-state index in [9.17, 15) is 9.18 Å². The molecule has 2 nitrogen and oxygen atoms in total. The number of carbonyl (C=O) groups is 1. The Balaban J connectivity index is 2.26. The lowest BCUT2D eigenvalue weighted by molar-refractivity contribution is 0.112. The van der Waals surface area contributed by atoms with Crippen LogP contribution in [0.1, 0.15) is 10.4 Å².